The lowest BCUT2D eigenvalue weighted by atomic mass is 9.79. The van der Waals surface area contributed by atoms with Crippen molar-refractivity contribution in [2.24, 2.45) is 5.92 Å². The molecule has 0 radical (unpaired) electrons. The van der Waals surface area contributed by atoms with Crippen molar-refractivity contribution < 1.29 is 22.8 Å². The summed E-state index contributed by atoms with van der Waals surface area (Å²) in [7, 11) is 1.58. The van der Waals surface area contributed by atoms with E-state index in [1.165, 1.54) is 41.3 Å². The Bertz CT molecular complexity index is 839. The number of carbonyl (C=O) groups excluding carboxylic acids is 2. The molecule has 1 aliphatic heterocycles. The Morgan fingerprint density at radius 1 is 1.12 bits per heavy atom. The highest BCUT2D eigenvalue weighted by molar-refractivity contribution is 6.07. The fourth-order valence-corrected chi connectivity index (χ4v) is 3.19. The van der Waals surface area contributed by atoms with Crippen LogP contribution in [0.1, 0.15) is 17.9 Å². The number of carbonyl (C=O) groups is 2. The van der Waals surface area contributed by atoms with Crippen molar-refractivity contribution >= 4 is 17.5 Å². The Hall–Kier alpha value is -2.83. The first-order valence-corrected chi connectivity index (χ1v) is 8.14. The minimum absolute atomic E-state index is 0.325. The van der Waals surface area contributed by atoms with Crippen molar-refractivity contribution in [3.05, 3.63) is 65.5 Å². The van der Waals surface area contributed by atoms with Gasteiger partial charge in [-0.3, -0.25) is 9.59 Å². The maximum atomic E-state index is 13.8. The number of likely N-dealkylation sites (tertiary alicyclic amines) is 1. The maximum Gasteiger partial charge on any atom is 0.237 e. The molecule has 2 amide bonds. The number of benzene rings is 2. The lowest BCUT2D eigenvalue weighted by molar-refractivity contribution is -0.143. The predicted octanol–water partition coefficient (Wildman–Crippen LogP) is 3.30. The minimum atomic E-state index is -1.18. The van der Waals surface area contributed by atoms with Gasteiger partial charge in [0.1, 0.15) is 11.7 Å². The first-order chi connectivity index (χ1) is 12.4. The van der Waals surface area contributed by atoms with Gasteiger partial charge in [-0.05, 0) is 36.2 Å². The summed E-state index contributed by atoms with van der Waals surface area (Å²) in [5, 5.41) is 2.31. The number of rotatable bonds is 3. The summed E-state index contributed by atoms with van der Waals surface area (Å²) in [4.78, 5) is 26.7. The Labute approximate surface area is 148 Å². The fourth-order valence-electron chi connectivity index (χ4n) is 3.19. The first kappa shape index (κ1) is 18.0. The third kappa shape index (κ3) is 3.42. The summed E-state index contributed by atoms with van der Waals surface area (Å²) in [5.74, 6) is -5.42. The molecule has 1 fully saturated rings. The number of hydrogen-bond acceptors (Lipinski definition) is 2. The Morgan fingerprint density at radius 3 is 2.50 bits per heavy atom. The van der Waals surface area contributed by atoms with E-state index in [1.807, 2.05) is 0 Å². The van der Waals surface area contributed by atoms with E-state index in [2.05, 4.69) is 5.32 Å². The van der Waals surface area contributed by atoms with Crippen molar-refractivity contribution in [3.63, 3.8) is 0 Å². The van der Waals surface area contributed by atoms with Gasteiger partial charge in [0.15, 0.2) is 11.6 Å². The Balaban J connectivity index is 1.91. The summed E-state index contributed by atoms with van der Waals surface area (Å²) in [5.41, 5.74) is 0.321. The zero-order valence-electron chi connectivity index (χ0n) is 14.0. The highest BCUT2D eigenvalue weighted by atomic mass is 19.2. The predicted molar refractivity (Wildman–Crippen MR) is 89.9 cm³/mol. The number of halogens is 3. The first-order valence-electron chi connectivity index (χ1n) is 8.14. The maximum absolute atomic E-state index is 13.8. The molecule has 1 aliphatic rings. The molecule has 1 heterocycles. The highest BCUT2D eigenvalue weighted by Gasteiger charge is 2.41. The van der Waals surface area contributed by atoms with E-state index in [1.54, 1.807) is 7.05 Å². The minimum Gasteiger partial charge on any atom is -0.345 e. The number of anilines is 1. The van der Waals surface area contributed by atoms with E-state index in [0.29, 0.717) is 18.5 Å². The fraction of sp³-hybridized carbons (Fsp3) is 0.263. The molecule has 0 bridgehead atoms. The molecule has 0 aromatic heterocycles. The summed E-state index contributed by atoms with van der Waals surface area (Å²) in [6.07, 6.45) is 0.498. The van der Waals surface area contributed by atoms with Gasteiger partial charge in [-0.15, -0.1) is 0 Å². The van der Waals surface area contributed by atoms with Crippen LogP contribution >= 0.6 is 0 Å². The van der Waals surface area contributed by atoms with E-state index in [0.717, 1.165) is 6.07 Å². The molecule has 4 nitrogen and oxygen atoms in total. The van der Waals surface area contributed by atoms with Gasteiger partial charge in [-0.1, -0.05) is 18.2 Å². The molecule has 0 aliphatic carbocycles. The zero-order valence-corrected chi connectivity index (χ0v) is 14.0. The lowest BCUT2D eigenvalue weighted by Gasteiger charge is -2.35. The van der Waals surface area contributed by atoms with Crippen LogP contribution in [0.2, 0.25) is 0 Å². The van der Waals surface area contributed by atoms with Crippen LogP contribution < -0.4 is 5.32 Å². The van der Waals surface area contributed by atoms with Crippen LogP contribution in [0.3, 0.4) is 0 Å². The van der Waals surface area contributed by atoms with Gasteiger partial charge in [-0.25, -0.2) is 13.2 Å². The van der Waals surface area contributed by atoms with Crippen LogP contribution in [0.4, 0.5) is 18.9 Å². The molecule has 2 aromatic carbocycles. The molecule has 0 unspecified atom stereocenters. The van der Waals surface area contributed by atoms with E-state index in [4.69, 9.17) is 0 Å². The quantitative estimate of drug-likeness (QED) is 0.852. The topological polar surface area (TPSA) is 49.4 Å². The molecular formula is C19H17F3N2O2. The molecule has 136 valence electrons. The van der Waals surface area contributed by atoms with Crippen LogP contribution in [-0.4, -0.2) is 30.3 Å². The summed E-state index contributed by atoms with van der Waals surface area (Å²) in [6, 6.07) is 9.01. The molecule has 1 N–H and O–H groups in total. The zero-order chi connectivity index (χ0) is 18.8. The van der Waals surface area contributed by atoms with Gasteiger partial charge in [0.05, 0.1) is 5.69 Å². The van der Waals surface area contributed by atoms with E-state index in [-0.39, 0.29) is 5.69 Å². The van der Waals surface area contributed by atoms with Gasteiger partial charge < -0.3 is 10.2 Å². The van der Waals surface area contributed by atoms with E-state index >= 15 is 0 Å². The monoisotopic (exact) mass is 362 g/mol. The summed E-state index contributed by atoms with van der Waals surface area (Å²) in [6.45, 7) is 0.443. The van der Waals surface area contributed by atoms with Gasteiger partial charge in [0.2, 0.25) is 11.8 Å². The standard InChI is InChI=1S/C19H17F3N2O2/c1-24-10-9-13(11-5-7-12(20)8-6-11)16(19(24)26)18(25)23-15-4-2-3-14(21)17(15)22/h2-8,13,16H,9-10H2,1H3,(H,23,25)/t13-,16-/m1/s1. The number of amides is 2. The molecular weight excluding hydrogens is 345 g/mol. The van der Waals surface area contributed by atoms with Gasteiger partial charge in [-0.2, -0.15) is 0 Å². The molecule has 2 atom stereocenters. The molecule has 26 heavy (non-hydrogen) atoms. The second kappa shape index (κ2) is 7.19. The summed E-state index contributed by atoms with van der Waals surface area (Å²) < 4.78 is 40.4. The van der Waals surface area contributed by atoms with Crippen LogP contribution in [-0.2, 0) is 9.59 Å². The van der Waals surface area contributed by atoms with Gasteiger partial charge in [0.25, 0.3) is 0 Å². The summed E-state index contributed by atoms with van der Waals surface area (Å²) >= 11 is 0. The van der Waals surface area contributed by atoms with Crippen LogP contribution in [0.25, 0.3) is 0 Å². The van der Waals surface area contributed by atoms with Crippen molar-refractivity contribution in [2.45, 2.75) is 12.3 Å². The highest BCUT2D eigenvalue weighted by Crippen LogP contribution is 2.34. The number of nitrogens with one attached hydrogen (secondary N) is 1. The van der Waals surface area contributed by atoms with Crippen molar-refractivity contribution in [1.29, 1.82) is 0 Å². The Morgan fingerprint density at radius 2 is 1.81 bits per heavy atom. The normalized spacial score (nSPS) is 20.2. The molecule has 3 rings (SSSR count). The third-order valence-electron chi connectivity index (χ3n) is 4.61. The van der Waals surface area contributed by atoms with E-state index in [9.17, 15) is 22.8 Å². The molecule has 1 saturated heterocycles. The average molecular weight is 362 g/mol. The van der Waals surface area contributed by atoms with Crippen molar-refractivity contribution in [2.75, 3.05) is 18.9 Å². The van der Waals surface area contributed by atoms with Crippen molar-refractivity contribution in [1.82, 2.24) is 4.90 Å². The smallest absolute Gasteiger partial charge is 0.237 e. The average Bonchev–Trinajstić information content (AvgIpc) is 2.62. The molecule has 2 aromatic rings. The van der Waals surface area contributed by atoms with Crippen LogP contribution in [0.5, 0.6) is 0 Å². The van der Waals surface area contributed by atoms with Crippen LogP contribution in [0, 0.1) is 23.4 Å². The third-order valence-corrected chi connectivity index (χ3v) is 4.61. The molecule has 7 heteroatoms. The second-order valence-corrected chi connectivity index (χ2v) is 6.27. The molecule has 0 spiro atoms. The Kier molecular flexibility index (Phi) is 4.97. The number of hydrogen-bond donors (Lipinski definition) is 1. The lowest BCUT2D eigenvalue weighted by Crippen LogP contribution is -2.47. The van der Waals surface area contributed by atoms with Crippen LogP contribution in [0.15, 0.2) is 42.5 Å². The van der Waals surface area contributed by atoms with E-state index < -0.39 is 41.1 Å². The number of nitrogens with zero attached hydrogens (tertiary/aromatic N) is 1. The van der Waals surface area contributed by atoms with Crippen molar-refractivity contribution in [3.8, 4) is 0 Å². The SMILES string of the molecule is CN1CC[C@H](c2ccc(F)cc2)[C@H](C(=O)Nc2cccc(F)c2F)C1=O. The van der Waals surface area contributed by atoms with Gasteiger partial charge in [0, 0.05) is 19.5 Å². The number of piperidine rings is 1. The largest absolute Gasteiger partial charge is 0.345 e. The molecule has 0 saturated carbocycles. The second-order valence-electron chi connectivity index (χ2n) is 6.27. The van der Waals surface area contributed by atoms with Gasteiger partial charge >= 0.3 is 0 Å².